The molecule has 1 aromatic carbocycles. The lowest BCUT2D eigenvalue weighted by molar-refractivity contribution is 0.334. The van der Waals surface area contributed by atoms with Gasteiger partial charge in [0, 0.05) is 34.6 Å². The number of hydrogen-bond donors (Lipinski definition) is 3. The molecular weight excluding hydrogens is 597 g/mol. The van der Waals surface area contributed by atoms with Crippen molar-refractivity contribution >= 4 is 22.0 Å². The van der Waals surface area contributed by atoms with Gasteiger partial charge >= 0.3 is 0 Å². The average molecular weight is 646 g/mol. The molecule has 7 nitrogen and oxygen atoms in total. The molecule has 0 spiro atoms. The van der Waals surface area contributed by atoms with Crippen LogP contribution in [0, 0.1) is 12.7 Å². The summed E-state index contributed by atoms with van der Waals surface area (Å²) >= 11 is 0. The number of likely N-dealkylation sites (N-methyl/N-ethyl adjacent to an activating group) is 1. The Labute approximate surface area is 284 Å². The molecule has 4 heterocycles. The van der Waals surface area contributed by atoms with Crippen LogP contribution in [0.1, 0.15) is 54.3 Å². The Morgan fingerprint density at radius 1 is 1.12 bits per heavy atom. The van der Waals surface area contributed by atoms with Gasteiger partial charge in [-0.2, -0.15) is 5.10 Å². The van der Waals surface area contributed by atoms with E-state index < -0.39 is 0 Å². The number of aromatic amines is 2. The monoisotopic (exact) mass is 645 g/mol. The molecule has 3 aromatic heterocycles. The highest BCUT2D eigenvalue weighted by Gasteiger charge is 2.18. The third-order valence-electron chi connectivity index (χ3n) is 8.66. The first kappa shape index (κ1) is 34.5. The van der Waals surface area contributed by atoms with Crippen LogP contribution < -0.4 is 5.32 Å². The summed E-state index contributed by atoms with van der Waals surface area (Å²) in [5.74, 6) is -0.226. The zero-order chi connectivity index (χ0) is 34.2. The summed E-state index contributed by atoms with van der Waals surface area (Å²) in [4.78, 5) is 12.8. The van der Waals surface area contributed by atoms with Crippen LogP contribution in [0.4, 0.5) is 4.39 Å². The van der Waals surface area contributed by atoms with E-state index in [1.807, 2.05) is 58.4 Å². The lowest BCUT2D eigenvalue weighted by Crippen LogP contribution is -2.23. The Morgan fingerprint density at radius 2 is 1.92 bits per heavy atom. The summed E-state index contributed by atoms with van der Waals surface area (Å²) in [6.45, 7) is 20.2. The van der Waals surface area contributed by atoms with Crippen LogP contribution in [0.2, 0.25) is 0 Å². The van der Waals surface area contributed by atoms with Crippen molar-refractivity contribution in [2.24, 2.45) is 0 Å². The lowest BCUT2D eigenvalue weighted by Gasteiger charge is -2.15. The summed E-state index contributed by atoms with van der Waals surface area (Å²) in [5.41, 5.74) is 10.6. The van der Waals surface area contributed by atoms with E-state index in [1.54, 1.807) is 24.3 Å². The molecule has 1 aliphatic heterocycles. The molecule has 4 aromatic rings. The van der Waals surface area contributed by atoms with Crippen molar-refractivity contribution in [3.8, 4) is 11.4 Å². The van der Waals surface area contributed by atoms with Gasteiger partial charge in [0.15, 0.2) is 0 Å². The van der Waals surface area contributed by atoms with Crippen molar-refractivity contribution in [2.75, 3.05) is 40.3 Å². The van der Waals surface area contributed by atoms with Crippen molar-refractivity contribution in [1.82, 2.24) is 35.3 Å². The van der Waals surface area contributed by atoms with Gasteiger partial charge in [0.25, 0.3) is 0 Å². The maximum absolute atomic E-state index is 15.0. The van der Waals surface area contributed by atoms with Crippen molar-refractivity contribution in [3.05, 3.63) is 132 Å². The minimum Gasteiger partial charge on any atom is -0.358 e. The quantitative estimate of drug-likeness (QED) is 0.114. The molecule has 1 fully saturated rings. The van der Waals surface area contributed by atoms with Gasteiger partial charge in [-0.3, -0.25) is 10.1 Å². The summed E-state index contributed by atoms with van der Waals surface area (Å²) in [6.07, 6.45) is 15.8. The topological polar surface area (TPSA) is 75.9 Å². The van der Waals surface area contributed by atoms with Gasteiger partial charge in [-0.15, -0.1) is 0 Å². The molecule has 5 rings (SSSR count). The van der Waals surface area contributed by atoms with E-state index in [9.17, 15) is 0 Å². The third kappa shape index (κ3) is 8.37. The molecule has 0 aliphatic carbocycles. The van der Waals surface area contributed by atoms with E-state index in [4.69, 9.17) is 4.98 Å². The lowest BCUT2D eigenvalue weighted by atomic mass is 9.94. The molecule has 0 radical (unpaired) electrons. The van der Waals surface area contributed by atoms with Crippen LogP contribution in [0.15, 0.2) is 98.0 Å². The van der Waals surface area contributed by atoms with Crippen LogP contribution in [0.3, 0.4) is 0 Å². The standard InChI is InChI=1S/C40H48FN7/c1-8-14-34(31-19-29(20-32(41)21-31)15-13-18-48-16-11-12-17-48)35-23-38(44-28(35)5)40-36-24-37(42-25-39(36)45-46-40)30(9-2)22-33(10-3)43-27(4)26-47(6)7/h8-10,14,19-25,43-44H,1,3-4,11-13,15-18,26H2,2,5-7H3,(H,45,46)/b30-9+,33-22+,34-14-. The van der Waals surface area contributed by atoms with E-state index in [-0.39, 0.29) is 5.82 Å². The molecule has 8 heteroatoms. The number of aromatic nitrogens is 4. The summed E-state index contributed by atoms with van der Waals surface area (Å²) in [6, 6.07) is 9.53. The fourth-order valence-electron chi connectivity index (χ4n) is 6.41. The van der Waals surface area contributed by atoms with E-state index in [1.165, 1.54) is 25.9 Å². The number of pyridine rings is 1. The largest absolute Gasteiger partial charge is 0.358 e. The number of likely N-dealkylation sites (tertiary alicyclic amines) is 1. The second kappa shape index (κ2) is 15.9. The van der Waals surface area contributed by atoms with E-state index in [0.29, 0.717) is 6.54 Å². The SMILES string of the molecule is C=C/C=C(/c1cc(F)cc(CCCN2CCCC2)c1)c1cc(-c2n[nH]c3cnc(C(/C=C(\C=C)NC(=C)CN(C)C)=C/C)cc23)[nH]c1C. The zero-order valence-corrected chi connectivity index (χ0v) is 28.8. The number of halogens is 1. The number of benzene rings is 1. The molecule has 0 atom stereocenters. The van der Waals surface area contributed by atoms with Gasteiger partial charge in [0.2, 0.25) is 0 Å². The molecule has 0 saturated carbocycles. The van der Waals surface area contributed by atoms with E-state index in [0.717, 1.165) is 92.3 Å². The first-order chi connectivity index (χ1) is 23.2. The molecule has 1 saturated heterocycles. The highest BCUT2D eigenvalue weighted by atomic mass is 19.1. The van der Waals surface area contributed by atoms with Gasteiger partial charge in [0.1, 0.15) is 11.5 Å². The second-order valence-corrected chi connectivity index (χ2v) is 12.7. The second-order valence-electron chi connectivity index (χ2n) is 12.7. The fourth-order valence-corrected chi connectivity index (χ4v) is 6.41. The van der Waals surface area contributed by atoms with Gasteiger partial charge in [0.05, 0.1) is 23.1 Å². The van der Waals surface area contributed by atoms with Crippen LogP contribution in [-0.4, -0.2) is 70.2 Å². The predicted molar refractivity (Wildman–Crippen MR) is 199 cm³/mol. The van der Waals surface area contributed by atoms with Gasteiger partial charge < -0.3 is 20.1 Å². The maximum atomic E-state index is 15.0. The van der Waals surface area contributed by atoms with Crippen molar-refractivity contribution in [3.63, 3.8) is 0 Å². The number of aryl methyl sites for hydroxylation is 2. The fraction of sp³-hybridized carbons (Fsp3) is 0.300. The number of H-pyrrole nitrogens is 2. The number of nitrogens with zero attached hydrogens (tertiary/aromatic N) is 4. The average Bonchev–Trinajstić information content (AvgIpc) is 3.81. The van der Waals surface area contributed by atoms with E-state index in [2.05, 4.69) is 62.2 Å². The van der Waals surface area contributed by atoms with Crippen LogP contribution in [-0.2, 0) is 6.42 Å². The van der Waals surface area contributed by atoms with E-state index >= 15 is 4.39 Å². The third-order valence-corrected chi connectivity index (χ3v) is 8.66. The molecule has 1 aliphatic rings. The van der Waals surface area contributed by atoms with Gasteiger partial charge in [-0.25, -0.2) is 4.39 Å². The predicted octanol–water partition coefficient (Wildman–Crippen LogP) is 8.18. The van der Waals surface area contributed by atoms with Gasteiger partial charge in [-0.05, 0) is 132 Å². The first-order valence-electron chi connectivity index (χ1n) is 16.7. The highest BCUT2D eigenvalue weighted by Crippen LogP contribution is 2.34. The number of allylic oxidation sites excluding steroid dienone is 6. The molecule has 250 valence electrons. The van der Waals surface area contributed by atoms with Crippen LogP contribution in [0.5, 0.6) is 0 Å². The summed E-state index contributed by atoms with van der Waals surface area (Å²) < 4.78 is 15.0. The minimum absolute atomic E-state index is 0.226. The molecule has 3 N–H and O–H groups in total. The smallest absolute Gasteiger partial charge is 0.124 e. The normalized spacial score (nSPS) is 14.7. The summed E-state index contributed by atoms with van der Waals surface area (Å²) in [5, 5.41) is 12.1. The van der Waals surface area contributed by atoms with Crippen molar-refractivity contribution in [2.45, 2.75) is 39.5 Å². The number of nitrogens with one attached hydrogen (secondary N) is 3. The van der Waals surface area contributed by atoms with Crippen molar-refractivity contribution in [1.29, 1.82) is 0 Å². The Morgan fingerprint density at radius 3 is 2.62 bits per heavy atom. The Hall–Kier alpha value is -4.79. The Bertz CT molecular complexity index is 1880. The molecule has 48 heavy (non-hydrogen) atoms. The first-order valence-corrected chi connectivity index (χ1v) is 16.7. The van der Waals surface area contributed by atoms with Gasteiger partial charge in [-0.1, -0.05) is 44.0 Å². The highest BCUT2D eigenvalue weighted by molar-refractivity contribution is 5.95. The van der Waals surface area contributed by atoms with Crippen molar-refractivity contribution < 1.29 is 4.39 Å². The minimum atomic E-state index is -0.226. The molecule has 0 unspecified atom stereocenters. The Balaban J connectivity index is 1.44. The molecule has 0 amide bonds. The van der Waals surface area contributed by atoms with Crippen LogP contribution in [0.25, 0.3) is 33.4 Å². The number of fused-ring (bicyclic) bond motifs is 1. The molecular formula is C40H48FN7. The summed E-state index contributed by atoms with van der Waals surface area (Å²) in [7, 11) is 4.01. The van der Waals surface area contributed by atoms with Crippen LogP contribution >= 0.6 is 0 Å². The maximum Gasteiger partial charge on any atom is 0.124 e. The number of rotatable bonds is 15. The zero-order valence-electron chi connectivity index (χ0n) is 28.8. The number of hydrogen-bond acceptors (Lipinski definition) is 5. The molecule has 0 bridgehead atoms. The Kier molecular flexibility index (Phi) is 11.4.